The minimum absolute atomic E-state index is 0.192. The Hall–Kier alpha value is -3.38. The van der Waals surface area contributed by atoms with Gasteiger partial charge in [-0.05, 0) is 55.1 Å². The van der Waals surface area contributed by atoms with Gasteiger partial charge in [0.2, 0.25) is 0 Å². The Morgan fingerprint density at radius 3 is 2.53 bits per heavy atom. The lowest BCUT2D eigenvalue weighted by molar-refractivity contribution is -0.117. The van der Waals surface area contributed by atoms with E-state index in [1.807, 2.05) is 49.6 Å². The summed E-state index contributed by atoms with van der Waals surface area (Å²) in [5.41, 5.74) is 2.90. The molecule has 30 heavy (non-hydrogen) atoms. The van der Waals surface area contributed by atoms with Crippen LogP contribution in [0.3, 0.4) is 0 Å². The van der Waals surface area contributed by atoms with Crippen LogP contribution in [0.4, 0.5) is 0 Å². The van der Waals surface area contributed by atoms with E-state index in [9.17, 15) is 9.59 Å². The molecule has 154 valence electrons. The zero-order chi connectivity index (χ0) is 21.3. The van der Waals surface area contributed by atoms with Crippen LogP contribution in [0.15, 0.2) is 71.7 Å². The Kier molecular flexibility index (Phi) is 7.40. The summed E-state index contributed by atoms with van der Waals surface area (Å²) >= 11 is 1.49. The highest BCUT2D eigenvalue weighted by Crippen LogP contribution is 2.18. The summed E-state index contributed by atoms with van der Waals surface area (Å²) in [6.45, 7) is 4.66. The number of hydrogen-bond donors (Lipinski definition) is 2. The van der Waals surface area contributed by atoms with Gasteiger partial charge in [-0.25, -0.2) is 0 Å². The molecule has 0 aliphatic carbocycles. The van der Waals surface area contributed by atoms with Gasteiger partial charge in [0.15, 0.2) is 0 Å². The molecule has 3 aromatic rings. The van der Waals surface area contributed by atoms with E-state index in [0.29, 0.717) is 18.7 Å². The Labute approximate surface area is 180 Å². The number of carbonyl (C=O) groups is 2. The van der Waals surface area contributed by atoms with Crippen LogP contribution in [0.25, 0.3) is 6.08 Å². The van der Waals surface area contributed by atoms with Crippen LogP contribution < -0.4 is 15.4 Å². The lowest BCUT2D eigenvalue weighted by Gasteiger charge is -2.12. The third-order valence-electron chi connectivity index (χ3n) is 4.33. The predicted molar refractivity (Wildman–Crippen MR) is 121 cm³/mol. The van der Waals surface area contributed by atoms with Crippen LogP contribution in [0.1, 0.15) is 26.4 Å². The van der Waals surface area contributed by atoms with Gasteiger partial charge in [-0.15, -0.1) is 11.3 Å². The maximum atomic E-state index is 12.7. The molecule has 3 rings (SSSR count). The number of benzene rings is 2. The fourth-order valence-corrected chi connectivity index (χ4v) is 3.50. The van der Waals surface area contributed by atoms with Gasteiger partial charge in [-0.3, -0.25) is 9.59 Å². The molecule has 1 aromatic heterocycles. The van der Waals surface area contributed by atoms with Crippen LogP contribution in [0.5, 0.6) is 5.75 Å². The second-order valence-corrected chi connectivity index (χ2v) is 7.75. The summed E-state index contributed by atoms with van der Waals surface area (Å²) in [4.78, 5) is 26.1. The van der Waals surface area contributed by atoms with Crippen molar-refractivity contribution in [3.05, 3.63) is 93.3 Å². The SMILES string of the molecule is Cc1ccc(OCCNC(=O)/C(=C/c2cccs2)NC(=O)c2ccccc2)c(C)c1. The molecule has 6 heteroatoms. The minimum Gasteiger partial charge on any atom is -0.491 e. The lowest BCUT2D eigenvalue weighted by Crippen LogP contribution is -2.36. The molecule has 5 nitrogen and oxygen atoms in total. The molecule has 0 radical (unpaired) electrons. The molecule has 0 spiro atoms. The molecule has 0 atom stereocenters. The van der Waals surface area contributed by atoms with E-state index in [0.717, 1.165) is 16.2 Å². The van der Waals surface area contributed by atoms with Gasteiger partial charge >= 0.3 is 0 Å². The zero-order valence-corrected chi connectivity index (χ0v) is 17.8. The number of carbonyl (C=O) groups excluding carboxylic acids is 2. The van der Waals surface area contributed by atoms with E-state index in [2.05, 4.69) is 16.7 Å². The largest absolute Gasteiger partial charge is 0.491 e. The normalized spacial score (nSPS) is 11.1. The molecule has 0 aliphatic heterocycles. The highest BCUT2D eigenvalue weighted by Gasteiger charge is 2.14. The highest BCUT2D eigenvalue weighted by atomic mass is 32.1. The Morgan fingerprint density at radius 2 is 1.83 bits per heavy atom. The van der Waals surface area contributed by atoms with Crippen molar-refractivity contribution in [3.63, 3.8) is 0 Å². The van der Waals surface area contributed by atoms with Crippen molar-refractivity contribution < 1.29 is 14.3 Å². The Balaban J connectivity index is 1.61. The predicted octanol–water partition coefficient (Wildman–Crippen LogP) is 4.33. The maximum absolute atomic E-state index is 12.7. The highest BCUT2D eigenvalue weighted by molar-refractivity contribution is 7.10. The van der Waals surface area contributed by atoms with Crippen molar-refractivity contribution in [2.75, 3.05) is 13.2 Å². The van der Waals surface area contributed by atoms with Crippen molar-refractivity contribution in [1.29, 1.82) is 0 Å². The maximum Gasteiger partial charge on any atom is 0.267 e. The average Bonchev–Trinajstić information content (AvgIpc) is 3.25. The van der Waals surface area contributed by atoms with Crippen LogP contribution in [0, 0.1) is 13.8 Å². The van der Waals surface area contributed by atoms with Gasteiger partial charge in [-0.1, -0.05) is 42.0 Å². The van der Waals surface area contributed by atoms with Gasteiger partial charge in [0, 0.05) is 10.4 Å². The number of thiophene rings is 1. The third-order valence-corrected chi connectivity index (χ3v) is 5.15. The summed E-state index contributed by atoms with van der Waals surface area (Å²) in [6, 6.07) is 18.5. The topological polar surface area (TPSA) is 67.4 Å². The van der Waals surface area contributed by atoms with Crippen molar-refractivity contribution >= 4 is 29.2 Å². The Bertz CT molecular complexity index is 1030. The molecule has 1 heterocycles. The van der Waals surface area contributed by atoms with Gasteiger partial charge in [0.05, 0.1) is 6.54 Å². The van der Waals surface area contributed by atoms with Crippen LogP contribution in [-0.2, 0) is 4.79 Å². The molecule has 0 aliphatic rings. The van der Waals surface area contributed by atoms with Crippen molar-refractivity contribution in [1.82, 2.24) is 10.6 Å². The van der Waals surface area contributed by atoms with E-state index in [4.69, 9.17) is 4.74 Å². The van der Waals surface area contributed by atoms with Gasteiger partial charge in [0.25, 0.3) is 11.8 Å². The molecule has 0 saturated carbocycles. The fraction of sp³-hybridized carbons (Fsp3) is 0.167. The van der Waals surface area contributed by atoms with Crippen molar-refractivity contribution in [2.45, 2.75) is 13.8 Å². The van der Waals surface area contributed by atoms with Crippen molar-refractivity contribution in [3.8, 4) is 5.75 Å². The van der Waals surface area contributed by atoms with Gasteiger partial charge < -0.3 is 15.4 Å². The van der Waals surface area contributed by atoms with E-state index >= 15 is 0 Å². The van der Waals surface area contributed by atoms with Gasteiger partial charge in [-0.2, -0.15) is 0 Å². The first-order valence-corrected chi connectivity index (χ1v) is 10.5. The summed E-state index contributed by atoms with van der Waals surface area (Å²) in [5, 5.41) is 7.45. The van der Waals surface area contributed by atoms with Crippen LogP contribution >= 0.6 is 11.3 Å². The second kappa shape index (κ2) is 10.4. The quantitative estimate of drug-likeness (QED) is 0.421. The molecule has 0 unspecified atom stereocenters. The fourth-order valence-electron chi connectivity index (χ4n) is 2.84. The number of ether oxygens (including phenoxy) is 1. The average molecular weight is 421 g/mol. The van der Waals surface area contributed by atoms with Crippen molar-refractivity contribution in [2.24, 2.45) is 0 Å². The number of amides is 2. The van der Waals surface area contributed by atoms with E-state index in [-0.39, 0.29) is 17.5 Å². The number of nitrogens with one attached hydrogen (secondary N) is 2. The summed E-state index contributed by atoms with van der Waals surface area (Å²) in [7, 11) is 0. The molecule has 0 saturated heterocycles. The van der Waals surface area contributed by atoms with E-state index in [1.165, 1.54) is 16.9 Å². The zero-order valence-electron chi connectivity index (χ0n) is 17.0. The first-order chi connectivity index (χ1) is 14.5. The molecular weight excluding hydrogens is 396 g/mol. The summed E-state index contributed by atoms with van der Waals surface area (Å²) in [5.74, 6) is 0.0959. The monoisotopic (exact) mass is 420 g/mol. The number of hydrogen-bond acceptors (Lipinski definition) is 4. The number of rotatable bonds is 8. The first kappa shape index (κ1) is 21.3. The molecular formula is C24H24N2O3S. The lowest BCUT2D eigenvalue weighted by atomic mass is 10.1. The molecule has 0 bridgehead atoms. The van der Waals surface area contributed by atoms with Crippen LogP contribution in [-0.4, -0.2) is 25.0 Å². The van der Waals surface area contributed by atoms with E-state index in [1.54, 1.807) is 30.3 Å². The standard InChI is InChI=1S/C24H24N2O3S/c1-17-10-11-22(18(2)15-17)29-13-12-25-24(28)21(16-20-9-6-14-30-20)26-23(27)19-7-4-3-5-8-19/h3-11,14-16H,12-13H2,1-2H3,(H,25,28)(H,26,27)/b21-16-. The summed E-state index contributed by atoms with van der Waals surface area (Å²) < 4.78 is 5.76. The molecule has 0 fully saturated rings. The van der Waals surface area contributed by atoms with Gasteiger partial charge in [0.1, 0.15) is 18.1 Å². The Morgan fingerprint density at radius 1 is 1.03 bits per heavy atom. The molecule has 2 amide bonds. The molecule has 2 aromatic carbocycles. The molecule has 2 N–H and O–H groups in total. The van der Waals surface area contributed by atoms with E-state index < -0.39 is 0 Å². The second-order valence-electron chi connectivity index (χ2n) is 6.77. The minimum atomic E-state index is -0.364. The first-order valence-electron chi connectivity index (χ1n) is 9.63. The number of aryl methyl sites for hydroxylation is 2. The third kappa shape index (κ3) is 6.06. The van der Waals surface area contributed by atoms with Crippen LogP contribution in [0.2, 0.25) is 0 Å². The smallest absolute Gasteiger partial charge is 0.267 e. The summed E-state index contributed by atoms with van der Waals surface area (Å²) in [6.07, 6.45) is 1.67.